The molecule has 5 nitrogen and oxygen atoms in total. The van der Waals surface area contributed by atoms with Crippen LogP contribution in [0.15, 0.2) is 12.7 Å². The molecule has 0 amide bonds. The van der Waals surface area contributed by atoms with Gasteiger partial charge in [-0.15, -0.1) is 6.58 Å². The molecule has 0 spiro atoms. The molecule has 1 saturated carbocycles. The monoisotopic (exact) mass is 205 g/mol. The first-order valence-corrected chi connectivity index (χ1v) is 5.43. The van der Waals surface area contributed by atoms with Crippen LogP contribution in [0.5, 0.6) is 0 Å². The summed E-state index contributed by atoms with van der Waals surface area (Å²) in [6, 6.07) is 0. The summed E-state index contributed by atoms with van der Waals surface area (Å²) in [6.07, 6.45) is 1.94. The average Bonchev–Trinajstić information content (AvgIpc) is 2.67. The average molecular weight is 205 g/mol. The molecule has 0 radical (unpaired) electrons. The molecule has 0 aliphatic heterocycles. The second kappa shape index (κ2) is 3.12. The Hall–Kier alpha value is -0.880. The summed E-state index contributed by atoms with van der Waals surface area (Å²) < 4.78 is 24.4. The number of sulfonamides is 1. The van der Waals surface area contributed by atoms with Gasteiger partial charge in [-0.05, 0) is 12.8 Å². The van der Waals surface area contributed by atoms with Crippen LogP contribution in [-0.2, 0) is 14.8 Å². The minimum absolute atomic E-state index is 0.248. The van der Waals surface area contributed by atoms with Crippen molar-refractivity contribution in [1.29, 1.82) is 0 Å². The number of carbonyl (C=O) groups is 1. The van der Waals surface area contributed by atoms with E-state index in [-0.39, 0.29) is 5.75 Å². The Bertz CT molecular complexity index is 328. The van der Waals surface area contributed by atoms with Crippen LogP contribution in [0.25, 0.3) is 0 Å². The van der Waals surface area contributed by atoms with E-state index in [1.807, 2.05) is 0 Å². The van der Waals surface area contributed by atoms with Crippen molar-refractivity contribution in [3.8, 4) is 0 Å². The number of carboxylic acids is 1. The Kier molecular flexibility index (Phi) is 2.44. The van der Waals surface area contributed by atoms with Crippen molar-refractivity contribution >= 4 is 16.0 Å². The van der Waals surface area contributed by atoms with E-state index in [0.29, 0.717) is 12.8 Å². The molecule has 0 aromatic carbocycles. The van der Waals surface area contributed by atoms with Gasteiger partial charge in [0.15, 0.2) is 0 Å². The maximum absolute atomic E-state index is 11.1. The highest BCUT2D eigenvalue weighted by molar-refractivity contribution is 7.89. The summed E-state index contributed by atoms with van der Waals surface area (Å²) in [6.45, 7) is 3.27. The predicted octanol–water partition coefficient (Wildman–Crippen LogP) is -0.291. The highest BCUT2D eigenvalue weighted by atomic mass is 32.2. The zero-order valence-electron chi connectivity index (χ0n) is 6.99. The van der Waals surface area contributed by atoms with Crippen molar-refractivity contribution in [2.24, 2.45) is 0 Å². The Labute approximate surface area is 76.5 Å². The molecular formula is C7H11NO4S. The number of aliphatic carboxylic acids is 1. The predicted molar refractivity (Wildman–Crippen MR) is 46.7 cm³/mol. The SMILES string of the molecule is C=CCS(=O)(=O)NC1(C(=O)O)CC1. The van der Waals surface area contributed by atoms with Gasteiger partial charge in [-0.3, -0.25) is 4.79 Å². The van der Waals surface area contributed by atoms with Gasteiger partial charge in [0, 0.05) is 0 Å². The van der Waals surface area contributed by atoms with Crippen LogP contribution < -0.4 is 4.72 Å². The molecule has 0 aromatic rings. The van der Waals surface area contributed by atoms with Gasteiger partial charge in [0.25, 0.3) is 0 Å². The van der Waals surface area contributed by atoms with Crippen molar-refractivity contribution in [2.75, 3.05) is 5.75 Å². The fraction of sp³-hybridized carbons (Fsp3) is 0.571. The minimum Gasteiger partial charge on any atom is -0.480 e. The van der Waals surface area contributed by atoms with E-state index >= 15 is 0 Å². The minimum atomic E-state index is -3.52. The molecule has 0 unspecified atom stereocenters. The summed E-state index contributed by atoms with van der Waals surface area (Å²) in [5.41, 5.74) is -1.23. The highest BCUT2D eigenvalue weighted by Gasteiger charge is 2.52. The molecule has 0 heterocycles. The molecule has 1 aliphatic carbocycles. The largest absolute Gasteiger partial charge is 0.480 e. The molecule has 74 valence electrons. The van der Waals surface area contributed by atoms with Gasteiger partial charge in [-0.25, -0.2) is 8.42 Å². The third-order valence-corrected chi connectivity index (χ3v) is 3.22. The number of nitrogens with one attached hydrogen (secondary N) is 1. The fourth-order valence-corrected chi connectivity index (χ4v) is 2.26. The van der Waals surface area contributed by atoms with Gasteiger partial charge in [-0.2, -0.15) is 4.72 Å². The molecule has 0 bridgehead atoms. The van der Waals surface area contributed by atoms with Crippen LogP contribution in [0.2, 0.25) is 0 Å². The van der Waals surface area contributed by atoms with E-state index in [0.717, 1.165) is 0 Å². The summed E-state index contributed by atoms with van der Waals surface area (Å²) in [7, 11) is -3.52. The lowest BCUT2D eigenvalue weighted by atomic mass is 10.3. The van der Waals surface area contributed by atoms with E-state index in [2.05, 4.69) is 11.3 Å². The van der Waals surface area contributed by atoms with Crippen LogP contribution in [0.1, 0.15) is 12.8 Å². The molecular weight excluding hydrogens is 194 g/mol. The molecule has 6 heteroatoms. The van der Waals surface area contributed by atoms with E-state index in [4.69, 9.17) is 5.11 Å². The third-order valence-electron chi connectivity index (χ3n) is 1.85. The second-order valence-corrected chi connectivity index (χ2v) is 4.83. The molecule has 13 heavy (non-hydrogen) atoms. The van der Waals surface area contributed by atoms with Crippen molar-refractivity contribution < 1.29 is 18.3 Å². The number of hydrogen-bond acceptors (Lipinski definition) is 3. The maximum atomic E-state index is 11.1. The van der Waals surface area contributed by atoms with Crippen LogP contribution in [0.3, 0.4) is 0 Å². The first kappa shape index (κ1) is 10.2. The second-order valence-electron chi connectivity index (χ2n) is 3.06. The summed E-state index contributed by atoms with van der Waals surface area (Å²) in [5, 5.41) is 8.68. The lowest BCUT2D eigenvalue weighted by Crippen LogP contribution is -2.43. The first-order valence-electron chi connectivity index (χ1n) is 3.78. The van der Waals surface area contributed by atoms with E-state index in [9.17, 15) is 13.2 Å². The van der Waals surface area contributed by atoms with Crippen molar-refractivity contribution in [2.45, 2.75) is 18.4 Å². The van der Waals surface area contributed by atoms with E-state index in [1.165, 1.54) is 6.08 Å². The zero-order valence-corrected chi connectivity index (χ0v) is 7.80. The standard InChI is InChI=1S/C7H11NO4S/c1-2-5-13(11,12)8-7(3-4-7)6(9)10/h2,8H,1,3-5H2,(H,9,10). The van der Waals surface area contributed by atoms with Gasteiger partial charge in [0.1, 0.15) is 5.54 Å². The number of carboxylic acid groups (broad SMARTS) is 1. The highest BCUT2D eigenvalue weighted by Crippen LogP contribution is 2.36. The summed E-state index contributed by atoms with van der Waals surface area (Å²) >= 11 is 0. The molecule has 1 fully saturated rings. The summed E-state index contributed by atoms with van der Waals surface area (Å²) in [4.78, 5) is 10.6. The Morgan fingerprint density at radius 2 is 2.15 bits per heavy atom. The molecule has 1 aliphatic rings. The van der Waals surface area contributed by atoms with Crippen LogP contribution in [0, 0.1) is 0 Å². The van der Waals surface area contributed by atoms with Gasteiger partial charge < -0.3 is 5.11 Å². The quantitative estimate of drug-likeness (QED) is 0.604. The molecule has 0 atom stereocenters. The van der Waals surface area contributed by atoms with Crippen LogP contribution >= 0.6 is 0 Å². The fourth-order valence-electron chi connectivity index (χ4n) is 0.979. The van der Waals surface area contributed by atoms with Crippen LogP contribution in [0.4, 0.5) is 0 Å². The topological polar surface area (TPSA) is 83.5 Å². The number of hydrogen-bond donors (Lipinski definition) is 2. The van der Waals surface area contributed by atoms with E-state index in [1.54, 1.807) is 0 Å². The van der Waals surface area contributed by atoms with Gasteiger partial charge >= 0.3 is 5.97 Å². The van der Waals surface area contributed by atoms with Gasteiger partial charge in [0.2, 0.25) is 10.0 Å². The first-order chi connectivity index (χ1) is 5.92. The normalized spacial score (nSPS) is 19.4. The lowest BCUT2D eigenvalue weighted by Gasteiger charge is -2.11. The third kappa shape index (κ3) is 2.28. The lowest BCUT2D eigenvalue weighted by molar-refractivity contribution is -0.140. The number of rotatable bonds is 5. The Morgan fingerprint density at radius 3 is 2.46 bits per heavy atom. The van der Waals surface area contributed by atoms with Crippen molar-refractivity contribution in [1.82, 2.24) is 4.72 Å². The van der Waals surface area contributed by atoms with Gasteiger partial charge in [0.05, 0.1) is 5.75 Å². The zero-order chi connectivity index (χ0) is 10.1. The van der Waals surface area contributed by atoms with Crippen molar-refractivity contribution in [3.63, 3.8) is 0 Å². The Balaban J connectivity index is 2.69. The smallest absolute Gasteiger partial charge is 0.324 e. The Morgan fingerprint density at radius 1 is 1.62 bits per heavy atom. The molecule has 0 aromatic heterocycles. The van der Waals surface area contributed by atoms with Crippen molar-refractivity contribution in [3.05, 3.63) is 12.7 Å². The summed E-state index contributed by atoms with van der Waals surface area (Å²) in [5.74, 6) is -1.36. The molecule has 2 N–H and O–H groups in total. The van der Waals surface area contributed by atoms with Gasteiger partial charge in [-0.1, -0.05) is 6.08 Å². The van der Waals surface area contributed by atoms with Crippen LogP contribution in [-0.4, -0.2) is 30.8 Å². The molecule has 1 rings (SSSR count). The van der Waals surface area contributed by atoms with E-state index < -0.39 is 21.5 Å². The molecule has 0 saturated heterocycles. The maximum Gasteiger partial charge on any atom is 0.324 e.